The Morgan fingerprint density at radius 1 is 1.64 bits per heavy atom. The van der Waals surface area contributed by atoms with Crippen molar-refractivity contribution >= 4 is 11.8 Å². The molecule has 1 saturated heterocycles. The van der Waals surface area contributed by atoms with Gasteiger partial charge in [0.15, 0.2) is 0 Å². The third-order valence-electron chi connectivity index (χ3n) is 2.30. The van der Waals surface area contributed by atoms with E-state index in [-0.39, 0.29) is 24.3 Å². The first-order valence-electron chi connectivity index (χ1n) is 4.76. The fourth-order valence-electron chi connectivity index (χ4n) is 1.57. The minimum absolute atomic E-state index is 0.171. The molecule has 1 heterocycles. The number of imide groups is 1. The van der Waals surface area contributed by atoms with Gasteiger partial charge in [0.05, 0.1) is 12.5 Å². The van der Waals surface area contributed by atoms with Crippen LogP contribution in [-0.4, -0.2) is 42.6 Å². The summed E-state index contributed by atoms with van der Waals surface area (Å²) in [6.45, 7) is 4.02. The van der Waals surface area contributed by atoms with E-state index in [1.165, 1.54) is 4.90 Å². The van der Waals surface area contributed by atoms with Gasteiger partial charge in [0.25, 0.3) is 0 Å². The second-order valence-electron chi connectivity index (χ2n) is 3.20. The minimum atomic E-state index is -0.460. The molecular weight excluding hydrogens is 184 g/mol. The predicted octanol–water partition coefficient (Wildman–Crippen LogP) is -0.284. The molecule has 0 saturated carbocycles. The second-order valence-corrected chi connectivity index (χ2v) is 3.20. The Balaban J connectivity index is 2.69. The predicted molar refractivity (Wildman–Crippen MR) is 50.4 cm³/mol. The molecule has 1 fully saturated rings. The van der Waals surface area contributed by atoms with Gasteiger partial charge in [-0.15, -0.1) is 0 Å². The van der Waals surface area contributed by atoms with Gasteiger partial charge in [0, 0.05) is 6.61 Å². The lowest BCUT2D eigenvalue weighted by Gasteiger charge is -2.22. The molecule has 0 aromatic rings. The Morgan fingerprint density at radius 3 is 2.71 bits per heavy atom. The Hall–Kier alpha value is -0.940. The van der Waals surface area contributed by atoms with Crippen LogP contribution in [0, 0.1) is 0 Å². The van der Waals surface area contributed by atoms with Gasteiger partial charge >= 0.3 is 0 Å². The lowest BCUT2D eigenvalue weighted by atomic mass is 10.2. The van der Waals surface area contributed by atoms with Crippen molar-refractivity contribution in [3.8, 4) is 0 Å². The van der Waals surface area contributed by atoms with Crippen LogP contribution in [0.25, 0.3) is 0 Å². The van der Waals surface area contributed by atoms with E-state index in [1.807, 2.05) is 6.92 Å². The summed E-state index contributed by atoms with van der Waals surface area (Å²) < 4.78 is 5.22. The SMILES string of the molecule is CCOC(C)N1C(=O)CC(NC)C1=O. The smallest absolute Gasteiger partial charge is 0.248 e. The van der Waals surface area contributed by atoms with Gasteiger partial charge in [-0.05, 0) is 20.9 Å². The molecule has 0 radical (unpaired) electrons. The van der Waals surface area contributed by atoms with Crippen molar-refractivity contribution < 1.29 is 14.3 Å². The zero-order chi connectivity index (χ0) is 10.7. The molecule has 0 aromatic heterocycles. The summed E-state index contributed by atoms with van der Waals surface area (Å²) in [5, 5.41) is 2.80. The van der Waals surface area contributed by atoms with Crippen molar-refractivity contribution in [3.05, 3.63) is 0 Å². The van der Waals surface area contributed by atoms with Crippen molar-refractivity contribution in [2.45, 2.75) is 32.5 Å². The molecular formula is C9H16N2O3. The van der Waals surface area contributed by atoms with Crippen molar-refractivity contribution in [1.29, 1.82) is 0 Å². The molecule has 0 bridgehead atoms. The van der Waals surface area contributed by atoms with E-state index in [1.54, 1.807) is 14.0 Å². The average Bonchev–Trinajstić information content (AvgIpc) is 2.41. The molecule has 2 amide bonds. The summed E-state index contributed by atoms with van der Waals surface area (Å²) in [5.74, 6) is -0.367. The van der Waals surface area contributed by atoms with Crippen LogP contribution in [0.3, 0.4) is 0 Å². The van der Waals surface area contributed by atoms with E-state index in [0.29, 0.717) is 6.61 Å². The zero-order valence-corrected chi connectivity index (χ0v) is 8.74. The maximum Gasteiger partial charge on any atom is 0.248 e. The molecule has 5 heteroatoms. The van der Waals surface area contributed by atoms with Crippen LogP contribution in [0.15, 0.2) is 0 Å². The van der Waals surface area contributed by atoms with E-state index in [2.05, 4.69) is 5.32 Å². The molecule has 5 nitrogen and oxygen atoms in total. The number of nitrogens with zero attached hydrogens (tertiary/aromatic N) is 1. The third kappa shape index (κ3) is 1.93. The number of nitrogens with one attached hydrogen (secondary N) is 1. The quantitative estimate of drug-likeness (QED) is 0.634. The number of likely N-dealkylation sites (N-methyl/N-ethyl adjacent to an activating group) is 1. The molecule has 0 spiro atoms. The maximum absolute atomic E-state index is 11.6. The van der Waals surface area contributed by atoms with Gasteiger partial charge in [-0.1, -0.05) is 0 Å². The first-order chi connectivity index (χ1) is 6.61. The van der Waals surface area contributed by atoms with Crippen LogP contribution in [-0.2, 0) is 14.3 Å². The highest BCUT2D eigenvalue weighted by molar-refractivity contribution is 6.05. The van der Waals surface area contributed by atoms with Crippen LogP contribution < -0.4 is 5.32 Å². The van der Waals surface area contributed by atoms with E-state index in [9.17, 15) is 9.59 Å². The first-order valence-corrected chi connectivity index (χ1v) is 4.76. The summed E-state index contributed by atoms with van der Waals surface area (Å²) in [7, 11) is 1.67. The molecule has 80 valence electrons. The average molecular weight is 200 g/mol. The summed E-state index contributed by atoms with van der Waals surface area (Å²) >= 11 is 0. The molecule has 14 heavy (non-hydrogen) atoms. The topological polar surface area (TPSA) is 58.6 Å². The molecule has 1 aliphatic heterocycles. The van der Waals surface area contributed by atoms with E-state index < -0.39 is 6.23 Å². The van der Waals surface area contributed by atoms with Gasteiger partial charge < -0.3 is 10.1 Å². The first kappa shape index (κ1) is 11.1. The van der Waals surface area contributed by atoms with Gasteiger partial charge in [0.2, 0.25) is 11.8 Å². The number of hydrogen-bond donors (Lipinski definition) is 1. The van der Waals surface area contributed by atoms with Gasteiger partial charge in [0.1, 0.15) is 6.23 Å². The Morgan fingerprint density at radius 2 is 2.29 bits per heavy atom. The molecule has 0 aromatic carbocycles. The minimum Gasteiger partial charge on any atom is -0.358 e. The number of carbonyl (C=O) groups excluding carboxylic acids is 2. The van der Waals surface area contributed by atoms with Gasteiger partial charge in [-0.2, -0.15) is 0 Å². The Kier molecular flexibility index (Phi) is 3.60. The van der Waals surface area contributed by atoms with E-state index >= 15 is 0 Å². The Bertz CT molecular complexity index is 242. The van der Waals surface area contributed by atoms with Crippen LogP contribution in [0.1, 0.15) is 20.3 Å². The number of likely N-dealkylation sites (tertiary alicyclic amines) is 1. The lowest BCUT2D eigenvalue weighted by molar-refractivity contribution is -0.152. The highest BCUT2D eigenvalue weighted by Crippen LogP contribution is 2.16. The van der Waals surface area contributed by atoms with Crippen molar-refractivity contribution in [2.24, 2.45) is 0 Å². The highest BCUT2D eigenvalue weighted by Gasteiger charge is 2.40. The van der Waals surface area contributed by atoms with Gasteiger partial charge in [-0.25, -0.2) is 0 Å². The fraction of sp³-hybridized carbons (Fsp3) is 0.778. The number of ether oxygens (including phenoxy) is 1. The third-order valence-corrected chi connectivity index (χ3v) is 2.30. The maximum atomic E-state index is 11.6. The number of rotatable bonds is 4. The van der Waals surface area contributed by atoms with E-state index in [4.69, 9.17) is 4.74 Å². The van der Waals surface area contributed by atoms with Crippen LogP contribution >= 0.6 is 0 Å². The lowest BCUT2D eigenvalue weighted by Crippen LogP contribution is -2.43. The molecule has 0 aliphatic carbocycles. The molecule has 1 N–H and O–H groups in total. The monoisotopic (exact) mass is 200 g/mol. The highest BCUT2D eigenvalue weighted by atomic mass is 16.5. The van der Waals surface area contributed by atoms with Gasteiger partial charge in [-0.3, -0.25) is 14.5 Å². The number of hydrogen-bond acceptors (Lipinski definition) is 4. The standard InChI is InChI=1S/C9H16N2O3/c1-4-14-6(2)11-8(12)5-7(10-3)9(11)13/h6-7,10H,4-5H2,1-3H3. The summed E-state index contributed by atoms with van der Waals surface area (Å²) in [5.41, 5.74) is 0. The van der Waals surface area contributed by atoms with Crippen molar-refractivity contribution in [3.63, 3.8) is 0 Å². The summed E-state index contributed by atoms with van der Waals surface area (Å²) in [6.07, 6.45) is -0.231. The van der Waals surface area contributed by atoms with Crippen LogP contribution in [0.4, 0.5) is 0 Å². The molecule has 2 unspecified atom stereocenters. The molecule has 2 atom stereocenters. The Labute approximate surface area is 83.4 Å². The second kappa shape index (κ2) is 4.52. The van der Waals surface area contributed by atoms with Crippen molar-refractivity contribution in [2.75, 3.05) is 13.7 Å². The largest absolute Gasteiger partial charge is 0.358 e. The number of carbonyl (C=O) groups is 2. The van der Waals surface area contributed by atoms with E-state index in [0.717, 1.165) is 0 Å². The summed E-state index contributed by atoms with van der Waals surface area (Å²) in [6, 6.07) is -0.384. The number of amides is 2. The van der Waals surface area contributed by atoms with Crippen molar-refractivity contribution in [1.82, 2.24) is 10.2 Å². The summed E-state index contributed by atoms with van der Waals surface area (Å²) in [4.78, 5) is 24.3. The fourth-order valence-corrected chi connectivity index (χ4v) is 1.57. The van der Waals surface area contributed by atoms with Crippen LogP contribution in [0.5, 0.6) is 0 Å². The normalized spacial score (nSPS) is 24.5. The van der Waals surface area contributed by atoms with Crippen LogP contribution in [0.2, 0.25) is 0 Å². The zero-order valence-electron chi connectivity index (χ0n) is 8.74. The molecule has 1 rings (SSSR count). The molecule has 1 aliphatic rings.